The van der Waals surface area contributed by atoms with Crippen LogP contribution in [0.2, 0.25) is 5.02 Å². The van der Waals surface area contributed by atoms with Crippen molar-refractivity contribution in [2.24, 2.45) is 0 Å². The van der Waals surface area contributed by atoms with Crippen LogP contribution in [-0.2, 0) is 19.6 Å². The third-order valence-electron chi connectivity index (χ3n) is 5.41. The van der Waals surface area contributed by atoms with Crippen LogP contribution in [0, 0.1) is 0 Å². The van der Waals surface area contributed by atoms with Crippen LogP contribution in [0.25, 0.3) is 0 Å². The molecule has 38 heavy (non-hydrogen) atoms. The SMILES string of the molecule is COC(=O)c1cc(OC)c(OC)cc1NC(=O)COc1ccc(S(=O)(=O)N[C@@H](C)c2ccccc2)cc1Cl. The van der Waals surface area contributed by atoms with Crippen molar-refractivity contribution in [1.82, 2.24) is 4.72 Å². The highest BCUT2D eigenvalue weighted by Gasteiger charge is 2.21. The van der Waals surface area contributed by atoms with E-state index in [4.69, 9.17) is 30.5 Å². The van der Waals surface area contributed by atoms with Gasteiger partial charge in [0.2, 0.25) is 10.0 Å². The largest absolute Gasteiger partial charge is 0.493 e. The van der Waals surface area contributed by atoms with E-state index in [1.807, 2.05) is 30.3 Å². The fourth-order valence-electron chi connectivity index (χ4n) is 3.47. The average Bonchev–Trinajstić information content (AvgIpc) is 2.91. The Morgan fingerprint density at radius 2 is 1.58 bits per heavy atom. The van der Waals surface area contributed by atoms with Gasteiger partial charge in [0.15, 0.2) is 18.1 Å². The van der Waals surface area contributed by atoms with E-state index in [0.29, 0.717) is 0 Å². The maximum Gasteiger partial charge on any atom is 0.340 e. The Bertz CT molecular complexity index is 1410. The molecule has 0 spiro atoms. The van der Waals surface area contributed by atoms with Gasteiger partial charge in [0.05, 0.1) is 42.5 Å². The Morgan fingerprint density at radius 3 is 2.18 bits per heavy atom. The Kier molecular flexibility index (Phi) is 9.56. The number of hydrogen-bond donors (Lipinski definition) is 2. The van der Waals surface area contributed by atoms with Gasteiger partial charge in [-0.3, -0.25) is 4.79 Å². The zero-order valence-corrected chi connectivity index (χ0v) is 22.7. The molecule has 10 nitrogen and oxygen atoms in total. The Hall–Kier alpha value is -3.80. The smallest absolute Gasteiger partial charge is 0.340 e. The molecule has 0 aromatic heterocycles. The van der Waals surface area contributed by atoms with Crippen molar-refractivity contribution in [1.29, 1.82) is 0 Å². The number of esters is 1. The number of amides is 1. The van der Waals surface area contributed by atoms with E-state index < -0.39 is 34.5 Å². The molecule has 0 aliphatic carbocycles. The molecule has 0 heterocycles. The van der Waals surface area contributed by atoms with E-state index in [9.17, 15) is 18.0 Å². The number of benzene rings is 3. The van der Waals surface area contributed by atoms with Crippen LogP contribution in [0.3, 0.4) is 0 Å². The number of rotatable bonds is 11. The normalized spacial score (nSPS) is 11.8. The van der Waals surface area contributed by atoms with Gasteiger partial charge in [-0.15, -0.1) is 0 Å². The zero-order valence-electron chi connectivity index (χ0n) is 21.1. The van der Waals surface area contributed by atoms with E-state index in [1.165, 1.54) is 51.7 Å². The summed E-state index contributed by atoms with van der Waals surface area (Å²) in [6.45, 7) is 1.25. The number of carbonyl (C=O) groups excluding carboxylic acids is 2. The van der Waals surface area contributed by atoms with Gasteiger partial charge in [0.1, 0.15) is 5.75 Å². The molecule has 0 aliphatic rings. The van der Waals surface area contributed by atoms with Crippen molar-refractivity contribution < 1.29 is 37.0 Å². The molecule has 0 fully saturated rings. The average molecular weight is 563 g/mol. The molecule has 3 aromatic rings. The van der Waals surface area contributed by atoms with Crippen LogP contribution in [0.1, 0.15) is 28.9 Å². The molecule has 202 valence electrons. The molecule has 0 bridgehead atoms. The minimum absolute atomic E-state index is 0.00518. The third-order valence-corrected chi connectivity index (χ3v) is 7.24. The number of sulfonamides is 1. The van der Waals surface area contributed by atoms with Gasteiger partial charge in [0, 0.05) is 18.2 Å². The second-order valence-corrected chi connectivity index (χ2v) is 10.0. The summed E-state index contributed by atoms with van der Waals surface area (Å²) >= 11 is 6.25. The van der Waals surface area contributed by atoms with Crippen molar-refractivity contribution in [2.75, 3.05) is 33.3 Å². The molecule has 0 saturated heterocycles. The first kappa shape index (κ1) is 28.8. The highest BCUT2D eigenvalue weighted by Crippen LogP contribution is 2.34. The van der Waals surface area contributed by atoms with Crippen LogP contribution in [0.5, 0.6) is 17.2 Å². The lowest BCUT2D eigenvalue weighted by molar-refractivity contribution is -0.118. The summed E-state index contributed by atoms with van der Waals surface area (Å²) in [5, 5.41) is 2.56. The van der Waals surface area contributed by atoms with E-state index in [-0.39, 0.29) is 38.4 Å². The monoisotopic (exact) mass is 562 g/mol. The molecular formula is C26H27ClN2O8S. The summed E-state index contributed by atoms with van der Waals surface area (Å²) in [6.07, 6.45) is 0. The number of nitrogens with one attached hydrogen (secondary N) is 2. The third kappa shape index (κ3) is 6.94. The van der Waals surface area contributed by atoms with Gasteiger partial charge in [0.25, 0.3) is 5.91 Å². The van der Waals surface area contributed by atoms with Gasteiger partial charge < -0.3 is 24.3 Å². The van der Waals surface area contributed by atoms with E-state index in [1.54, 1.807) is 6.92 Å². The second-order valence-electron chi connectivity index (χ2n) is 7.93. The molecule has 12 heteroatoms. The van der Waals surface area contributed by atoms with Crippen molar-refractivity contribution in [3.05, 3.63) is 76.8 Å². The highest BCUT2D eigenvalue weighted by atomic mass is 35.5. The number of carbonyl (C=O) groups is 2. The first-order chi connectivity index (χ1) is 18.1. The molecule has 0 saturated carbocycles. The first-order valence-electron chi connectivity index (χ1n) is 11.2. The molecule has 0 aliphatic heterocycles. The fraction of sp³-hybridized carbons (Fsp3) is 0.231. The molecule has 0 radical (unpaired) electrons. The molecule has 1 amide bonds. The first-order valence-corrected chi connectivity index (χ1v) is 13.1. The maximum absolute atomic E-state index is 12.8. The highest BCUT2D eigenvalue weighted by molar-refractivity contribution is 7.89. The lowest BCUT2D eigenvalue weighted by Crippen LogP contribution is -2.27. The molecule has 2 N–H and O–H groups in total. The Balaban J connectivity index is 1.70. The molecule has 3 rings (SSSR count). The molecule has 3 aromatic carbocycles. The number of hydrogen-bond acceptors (Lipinski definition) is 8. The Labute approximate surface area is 225 Å². The van der Waals surface area contributed by atoms with Crippen molar-refractivity contribution in [2.45, 2.75) is 17.9 Å². The summed E-state index contributed by atoms with van der Waals surface area (Å²) in [7, 11) is 0.143. The predicted octanol–water partition coefficient (Wildman–Crippen LogP) is 4.20. The van der Waals surface area contributed by atoms with Crippen LogP contribution < -0.4 is 24.2 Å². The summed E-state index contributed by atoms with van der Waals surface area (Å²) in [6, 6.07) is 15.4. The number of ether oxygens (including phenoxy) is 4. The molecule has 0 unspecified atom stereocenters. The van der Waals surface area contributed by atoms with Crippen LogP contribution >= 0.6 is 11.6 Å². The summed E-state index contributed by atoms with van der Waals surface area (Å²) in [4.78, 5) is 24.7. The van der Waals surface area contributed by atoms with E-state index in [2.05, 4.69) is 10.0 Å². The van der Waals surface area contributed by atoms with E-state index >= 15 is 0 Å². The van der Waals surface area contributed by atoms with Gasteiger partial charge in [-0.25, -0.2) is 17.9 Å². The van der Waals surface area contributed by atoms with Crippen molar-refractivity contribution in [3.63, 3.8) is 0 Å². The number of halogens is 1. The summed E-state index contributed by atoms with van der Waals surface area (Å²) in [5.74, 6) is -0.661. The minimum atomic E-state index is -3.88. The summed E-state index contributed by atoms with van der Waals surface area (Å²) in [5.41, 5.74) is 0.968. The molecule has 1 atom stereocenters. The second kappa shape index (κ2) is 12.6. The Morgan fingerprint density at radius 1 is 0.921 bits per heavy atom. The zero-order chi connectivity index (χ0) is 27.9. The number of anilines is 1. The molecular weight excluding hydrogens is 536 g/mol. The van der Waals surface area contributed by atoms with Crippen LogP contribution in [0.15, 0.2) is 65.6 Å². The van der Waals surface area contributed by atoms with Crippen LogP contribution in [-0.4, -0.2) is 48.2 Å². The maximum atomic E-state index is 12.8. The summed E-state index contributed by atoms with van der Waals surface area (Å²) < 4.78 is 48.9. The van der Waals surface area contributed by atoms with Gasteiger partial charge >= 0.3 is 5.97 Å². The fourth-order valence-corrected chi connectivity index (χ4v) is 5.02. The van der Waals surface area contributed by atoms with Crippen molar-refractivity contribution in [3.8, 4) is 17.2 Å². The standard InChI is InChI=1S/C26H27ClN2O8S/c1-16(17-8-6-5-7-9-17)29-38(32,33)18-10-11-22(20(27)12-18)37-15-25(30)28-21-14-24(35-3)23(34-2)13-19(21)26(31)36-4/h5-14,16,29H,15H2,1-4H3,(H,28,30)/t16-/m0/s1. The lowest BCUT2D eigenvalue weighted by Gasteiger charge is -2.16. The van der Waals surface area contributed by atoms with E-state index in [0.717, 1.165) is 5.56 Å². The minimum Gasteiger partial charge on any atom is -0.493 e. The topological polar surface area (TPSA) is 129 Å². The quantitative estimate of drug-likeness (QED) is 0.333. The number of methoxy groups -OCH3 is 3. The predicted molar refractivity (Wildman–Crippen MR) is 142 cm³/mol. The van der Waals surface area contributed by atoms with Crippen molar-refractivity contribution >= 4 is 39.2 Å². The van der Waals surface area contributed by atoms with Gasteiger partial charge in [-0.05, 0) is 30.7 Å². The van der Waals surface area contributed by atoms with Crippen LogP contribution in [0.4, 0.5) is 5.69 Å². The van der Waals surface area contributed by atoms with Gasteiger partial charge in [-0.1, -0.05) is 41.9 Å². The van der Waals surface area contributed by atoms with Gasteiger partial charge in [-0.2, -0.15) is 0 Å². The lowest BCUT2D eigenvalue weighted by atomic mass is 10.1.